The molecule has 2 atom stereocenters. The van der Waals surface area contributed by atoms with Crippen molar-refractivity contribution in [2.75, 3.05) is 6.54 Å². The van der Waals surface area contributed by atoms with Crippen LogP contribution in [0.4, 0.5) is 4.79 Å². The van der Waals surface area contributed by atoms with Gasteiger partial charge in [-0.3, -0.25) is 4.84 Å². The summed E-state index contributed by atoms with van der Waals surface area (Å²) in [6, 6.07) is 9.71. The van der Waals surface area contributed by atoms with Gasteiger partial charge in [0.25, 0.3) is 0 Å². The molecular weight excluding hydrogens is 332 g/mol. The molecule has 0 saturated carbocycles. The molecule has 2 aromatic rings. The Morgan fingerprint density at radius 3 is 2.88 bits per heavy atom. The maximum absolute atomic E-state index is 12.8. The van der Waals surface area contributed by atoms with E-state index >= 15 is 0 Å². The summed E-state index contributed by atoms with van der Waals surface area (Å²) in [6.45, 7) is 3.17. The fraction of sp³-hybridized carbons (Fsp3) is 0.526. The van der Waals surface area contributed by atoms with Crippen molar-refractivity contribution in [3.63, 3.8) is 0 Å². The predicted octanol–water partition coefficient (Wildman–Crippen LogP) is 3.49. The molecule has 138 valence electrons. The molecule has 1 aromatic carbocycles. The normalized spacial score (nSPS) is 22.3. The van der Waals surface area contributed by atoms with Gasteiger partial charge in [-0.2, -0.15) is 5.06 Å². The molecule has 7 nitrogen and oxygen atoms in total. The lowest BCUT2D eigenvalue weighted by Gasteiger charge is -2.27. The summed E-state index contributed by atoms with van der Waals surface area (Å²) in [6.07, 6.45) is 4.59. The summed E-state index contributed by atoms with van der Waals surface area (Å²) in [5.74, 6) is 1.21. The van der Waals surface area contributed by atoms with Crippen molar-refractivity contribution in [1.29, 1.82) is 0 Å². The molecule has 0 aliphatic carbocycles. The van der Waals surface area contributed by atoms with E-state index in [0.29, 0.717) is 24.9 Å². The van der Waals surface area contributed by atoms with Gasteiger partial charge in [-0.1, -0.05) is 43.7 Å². The standard InChI is InChI=1S/C19H24N4O3/c1-2-3-9-17-20-21-18(26-17)16-11-10-15-12-22(16)19(24)23(15)25-13-14-7-5-4-6-8-14/h4-8,15-16H,2-3,9-13H2,1H3/t15-,16+/m1/s1. The number of nitrogens with zero attached hydrogens (tertiary/aromatic N) is 4. The highest BCUT2D eigenvalue weighted by molar-refractivity contribution is 5.77. The Kier molecular flexibility index (Phi) is 4.88. The molecule has 7 heteroatoms. The summed E-state index contributed by atoms with van der Waals surface area (Å²) in [7, 11) is 0. The van der Waals surface area contributed by atoms with E-state index in [1.54, 1.807) is 4.90 Å². The molecule has 2 fully saturated rings. The van der Waals surface area contributed by atoms with Crippen LogP contribution in [-0.2, 0) is 17.9 Å². The van der Waals surface area contributed by atoms with Gasteiger partial charge in [-0.05, 0) is 24.8 Å². The van der Waals surface area contributed by atoms with E-state index in [2.05, 4.69) is 17.1 Å². The van der Waals surface area contributed by atoms with Crippen molar-refractivity contribution < 1.29 is 14.0 Å². The number of hydrogen-bond donors (Lipinski definition) is 0. The van der Waals surface area contributed by atoms with E-state index in [1.165, 1.54) is 5.06 Å². The number of urea groups is 1. The van der Waals surface area contributed by atoms with Crippen LogP contribution in [0.2, 0.25) is 0 Å². The Morgan fingerprint density at radius 1 is 1.23 bits per heavy atom. The summed E-state index contributed by atoms with van der Waals surface area (Å²) in [4.78, 5) is 20.4. The molecular formula is C19H24N4O3. The van der Waals surface area contributed by atoms with Gasteiger partial charge in [0, 0.05) is 13.0 Å². The predicted molar refractivity (Wildman–Crippen MR) is 93.8 cm³/mol. The van der Waals surface area contributed by atoms with Gasteiger partial charge in [-0.15, -0.1) is 10.2 Å². The fourth-order valence-corrected chi connectivity index (χ4v) is 3.60. The fourth-order valence-electron chi connectivity index (χ4n) is 3.60. The molecule has 26 heavy (non-hydrogen) atoms. The van der Waals surface area contributed by atoms with Crippen molar-refractivity contribution in [3.8, 4) is 0 Å². The molecule has 1 aromatic heterocycles. The van der Waals surface area contributed by atoms with Gasteiger partial charge in [0.1, 0.15) is 12.6 Å². The van der Waals surface area contributed by atoms with Gasteiger partial charge >= 0.3 is 6.03 Å². The number of hydrogen-bond acceptors (Lipinski definition) is 5. The second-order valence-corrected chi connectivity index (χ2v) is 6.90. The van der Waals surface area contributed by atoms with Crippen LogP contribution in [-0.4, -0.2) is 38.8 Å². The first-order valence-electron chi connectivity index (χ1n) is 9.35. The molecule has 3 heterocycles. The topological polar surface area (TPSA) is 71.7 Å². The summed E-state index contributed by atoms with van der Waals surface area (Å²) >= 11 is 0. The van der Waals surface area contributed by atoms with E-state index in [-0.39, 0.29) is 18.1 Å². The molecule has 2 amide bonds. The monoisotopic (exact) mass is 356 g/mol. The third-order valence-electron chi connectivity index (χ3n) is 5.05. The Hall–Kier alpha value is -2.41. The number of benzene rings is 1. The number of hydroxylamine groups is 2. The zero-order valence-corrected chi connectivity index (χ0v) is 15.0. The number of rotatable bonds is 7. The minimum Gasteiger partial charge on any atom is -0.423 e. The third kappa shape index (κ3) is 3.31. The van der Waals surface area contributed by atoms with Crippen molar-refractivity contribution in [2.24, 2.45) is 0 Å². The minimum atomic E-state index is -0.146. The highest BCUT2D eigenvalue weighted by atomic mass is 16.7. The minimum absolute atomic E-state index is 0.0879. The largest absolute Gasteiger partial charge is 0.423 e. The lowest BCUT2D eigenvalue weighted by Crippen LogP contribution is -2.34. The molecule has 0 N–H and O–H groups in total. The van der Waals surface area contributed by atoms with E-state index in [1.807, 2.05) is 30.3 Å². The van der Waals surface area contributed by atoms with Crippen LogP contribution >= 0.6 is 0 Å². The third-order valence-corrected chi connectivity index (χ3v) is 5.05. The smallest absolute Gasteiger partial charge is 0.345 e. The Morgan fingerprint density at radius 2 is 2.08 bits per heavy atom. The SMILES string of the molecule is CCCCc1nnc([C@@H]2CC[C@@H]3CN2C(=O)N3OCc2ccccc2)o1. The number of carbonyl (C=O) groups is 1. The summed E-state index contributed by atoms with van der Waals surface area (Å²) < 4.78 is 5.81. The van der Waals surface area contributed by atoms with Crippen LogP contribution in [0.3, 0.4) is 0 Å². The maximum atomic E-state index is 12.8. The molecule has 2 aliphatic heterocycles. The zero-order chi connectivity index (χ0) is 17.9. The average molecular weight is 356 g/mol. The summed E-state index contributed by atoms with van der Waals surface area (Å²) in [5.41, 5.74) is 1.05. The van der Waals surface area contributed by atoms with Crippen LogP contribution < -0.4 is 0 Å². The number of unbranched alkanes of at least 4 members (excludes halogenated alkanes) is 1. The van der Waals surface area contributed by atoms with Crippen molar-refractivity contribution in [3.05, 3.63) is 47.7 Å². The highest BCUT2D eigenvalue weighted by Crippen LogP contribution is 2.38. The van der Waals surface area contributed by atoms with Crippen LogP contribution in [0.25, 0.3) is 0 Å². The maximum Gasteiger partial charge on any atom is 0.345 e. The quantitative estimate of drug-likeness (QED) is 0.759. The molecule has 0 unspecified atom stereocenters. The Balaban J connectivity index is 1.42. The van der Waals surface area contributed by atoms with Crippen molar-refractivity contribution in [2.45, 2.75) is 57.7 Å². The van der Waals surface area contributed by atoms with Crippen LogP contribution in [0, 0.1) is 0 Å². The van der Waals surface area contributed by atoms with E-state index in [4.69, 9.17) is 9.25 Å². The van der Waals surface area contributed by atoms with E-state index < -0.39 is 0 Å². The molecule has 2 bridgehead atoms. The van der Waals surface area contributed by atoms with Crippen molar-refractivity contribution in [1.82, 2.24) is 20.2 Å². The number of aromatic nitrogens is 2. The number of piperidine rings is 1. The van der Waals surface area contributed by atoms with Crippen molar-refractivity contribution >= 4 is 6.03 Å². The molecule has 0 spiro atoms. The average Bonchev–Trinajstić information content (AvgIpc) is 3.24. The number of carbonyl (C=O) groups excluding carboxylic acids is 1. The van der Waals surface area contributed by atoms with Crippen LogP contribution in [0.5, 0.6) is 0 Å². The van der Waals surface area contributed by atoms with E-state index in [0.717, 1.165) is 37.7 Å². The Bertz CT molecular complexity index is 748. The Labute approximate surface area is 152 Å². The lowest BCUT2D eigenvalue weighted by atomic mass is 10.0. The van der Waals surface area contributed by atoms with Gasteiger partial charge in [0.15, 0.2) is 0 Å². The van der Waals surface area contributed by atoms with Gasteiger partial charge in [0.2, 0.25) is 11.8 Å². The second kappa shape index (κ2) is 7.45. The number of fused-ring (bicyclic) bond motifs is 2. The van der Waals surface area contributed by atoms with Gasteiger partial charge in [-0.25, -0.2) is 4.79 Å². The van der Waals surface area contributed by atoms with Crippen LogP contribution in [0.15, 0.2) is 34.7 Å². The van der Waals surface area contributed by atoms with Crippen LogP contribution in [0.1, 0.15) is 56.0 Å². The van der Waals surface area contributed by atoms with Gasteiger partial charge in [0.05, 0.1) is 6.04 Å². The molecule has 2 aliphatic rings. The zero-order valence-electron chi connectivity index (χ0n) is 15.0. The van der Waals surface area contributed by atoms with Gasteiger partial charge < -0.3 is 9.32 Å². The first-order valence-corrected chi connectivity index (χ1v) is 9.35. The lowest BCUT2D eigenvalue weighted by molar-refractivity contribution is -0.140. The first kappa shape index (κ1) is 17.0. The van der Waals surface area contributed by atoms with E-state index in [9.17, 15) is 4.79 Å². The number of aryl methyl sites for hydroxylation is 1. The highest BCUT2D eigenvalue weighted by Gasteiger charge is 2.47. The molecule has 0 radical (unpaired) electrons. The summed E-state index contributed by atoms with van der Waals surface area (Å²) in [5, 5.41) is 9.85. The number of amides is 2. The first-order chi connectivity index (χ1) is 12.8. The molecule has 2 saturated heterocycles. The molecule has 4 rings (SSSR count). The second-order valence-electron chi connectivity index (χ2n) is 6.90.